The highest BCUT2D eigenvalue weighted by Crippen LogP contribution is 2.22. The van der Waals surface area contributed by atoms with E-state index in [2.05, 4.69) is 6.92 Å². The molecule has 0 aliphatic rings. The van der Waals surface area contributed by atoms with Crippen molar-refractivity contribution in [2.75, 3.05) is 17.2 Å². The summed E-state index contributed by atoms with van der Waals surface area (Å²) in [6.45, 7) is 6.90. The monoisotopic (exact) mass is 222 g/mol. The second kappa shape index (κ2) is 5.75. The van der Waals surface area contributed by atoms with Gasteiger partial charge in [-0.2, -0.15) is 0 Å². The van der Waals surface area contributed by atoms with Gasteiger partial charge in [0.25, 0.3) is 0 Å². The molecule has 0 spiro atoms. The lowest BCUT2D eigenvalue weighted by molar-refractivity contribution is 0.159. The van der Waals surface area contributed by atoms with E-state index in [1.807, 2.05) is 36.9 Å². The van der Waals surface area contributed by atoms with Crippen LogP contribution in [0.5, 0.6) is 0 Å². The second-order valence-corrected chi connectivity index (χ2v) is 4.10. The van der Waals surface area contributed by atoms with E-state index >= 15 is 0 Å². The first-order chi connectivity index (χ1) is 7.60. The fourth-order valence-corrected chi connectivity index (χ4v) is 1.82. The highest BCUT2D eigenvalue weighted by atomic mass is 16.3. The predicted molar refractivity (Wildman–Crippen MR) is 69.5 cm³/mol. The van der Waals surface area contributed by atoms with Crippen LogP contribution < -0.4 is 10.6 Å². The summed E-state index contributed by atoms with van der Waals surface area (Å²) >= 11 is 0. The lowest BCUT2D eigenvalue weighted by Gasteiger charge is -2.29. The third-order valence-corrected chi connectivity index (χ3v) is 2.83. The largest absolute Gasteiger partial charge is 0.399 e. The van der Waals surface area contributed by atoms with E-state index in [-0.39, 0.29) is 0 Å². The summed E-state index contributed by atoms with van der Waals surface area (Å²) in [6, 6.07) is 5.88. The van der Waals surface area contributed by atoms with Crippen LogP contribution in [0.2, 0.25) is 0 Å². The van der Waals surface area contributed by atoms with Gasteiger partial charge >= 0.3 is 0 Å². The molecule has 0 heterocycles. The normalized spacial score (nSPS) is 12.5. The van der Waals surface area contributed by atoms with E-state index in [1.165, 1.54) is 0 Å². The predicted octanol–water partition coefficient (Wildman–Crippen LogP) is 2.52. The first-order valence-corrected chi connectivity index (χ1v) is 5.91. The minimum atomic E-state index is -0.405. The van der Waals surface area contributed by atoms with Crippen LogP contribution >= 0.6 is 0 Å². The third-order valence-electron chi connectivity index (χ3n) is 2.83. The topological polar surface area (TPSA) is 49.5 Å². The van der Waals surface area contributed by atoms with Gasteiger partial charge in [0.05, 0.1) is 0 Å². The molecule has 1 rings (SSSR count). The van der Waals surface area contributed by atoms with Gasteiger partial charge in [0.1, 0.15) is 6.23 Å². The van der Waals surface area contributed by atoms with Gasteiger partial charge in [0, 0.05) is 17.9 Å². The Labute approximate surface area is 97.9 Å². The van der Waals surface area contributed by atoms with Crippen molar-refractivity contribution in [1.29, 1.82) is 0 Å². The summed E-state index contributed by atoms with van der Waals surface area (Å²) in [6.07, 6.45) is 1.36. The van der Waals surface area contributed by atoms with Crippen LogP contribution in [0.25, 0.3) is 0 Å². The summed E-state index contributed by atoms with van der Waals surface area (Å²) in [5, 5.41) is 10.0. The molecule has 0 amide bonds. The molecule has 0 bridgehead atoms. The summed E-state index contributed by atoms with van der Waals surface area (Å²) in [5.41, 5.74) is 8.67. The van der Waals surface area contributed by atoms with Crippen LogP contribution in [-0.2, 0) is 0 Å². The number of benzene rings is 1. The van der Waals surface area contributed by atoms with Gasteiger partial charge in [-0.05, 0) is 44.0 Å². The number of anilines is 2. The van der Waals surface area contributed by atoms with Crippen LogP contribution in [0.1, 0.15) is 32.3 Å². The molecule has 0 aromatic heterocycles. The van der Waals surface area contributed by atoms with Crippen LogP contribution in [0.15, 0.2) is 18.2 Å². The Bertz CT molecular complexity index is 339. The van der Waals surface area contributed by atoms with Crippen LogP contribution in [-0.4, -0.2) is 17.9 Å². The van der Waals surface area contributed by atoms with Gasteiger partial charge in [-0.25, -0.2) is 0 Å². The minimum absolute atomic E-state index is 0.405. The van der Waals surface area contributed by atoms with Crippen molar-refractivity contribution in [3.8, 4) is 0 Å². The quantitative estimate of drug-likeness (QED) is 0.594. The number of aliphatic hydroxyl groups is 1. The minimum Gasteiger partial charge on any atom is -0.399 e. The fraction of sp³-hybridized carbons (Fsp3) is 0.538. The molecule has 0 aliphatic heterocycles. The van der Waals surface area contributed by atoms with Crippen LogP contribution in [0.3, 0.4) is 0 Å². The summed E-state index contributed by atoms with van der Waals surface area (Å²) in [7, 11) is 0. The Morgan fingerprint density at radius 3 is 2.56 bits per heavy atom. The number of rotatable bonds is 5. The van der Waals surface area contributed by atoms with Crippen LogP contribution in [0, 0.1) is 6.92 Å². The average molecular weight is 222 g/mol. The zero-order chi connectivity index (χ0) is 12.1. The molecule has 0 saturated heterocycles. The molecule has 3 heteroatoms. The molecule has 0 aliphatic carbocycles. The van der Waals surface area contributed by atoms with Gasteiger partial charge in [-0.1, -0.05) is 13.3 Å². The number of hydrogen-bond acceptors (Lipinski definition) is 3. The molecular weight excluding hydrogens is 200 g/mol. The van der Waals surface area contributed by atoms with Gasteiger partial charge in [0.15, 0.2) is 0 Å². The first kappa shape index (κ1) is 12.8. The van der Waals surface area contributed by atoms with Gasteiger partial charge in [-0.15, -0.1) is 0 Å². The molecule has 90 valence electrons. The second-order valence-electron chi connectivity index (χ2n) is 4.10. The lowest BCUT2D eigenvalue weighted by atomic mass is 10.1. The molecule has 0 radical (unpaired) electrons. The van der Waals surface area contributed by atoms with Crippen molar-refractivity contribution in [1.82, 2.24) is 0 Å². The Morgan fingerprint density at radius 1 is 1.38 bits per heavy atom. The Hall–Kier alpha value is -1.22. The maximum absolute atomic E-state index is 10.0. The maximum Gasteiger partial charge on any atom is 0.126 e. The first-order valence-electron chi connectivity index (χ1n) is 5.91. The maximum atomic E-state index is 10.0. The standard InChI is InChI=1S/C13H22N2O/c1-4-6-13(16)15(5-2)11-7-8-12(14)10(3)9-11/h7-9,13,16H,4-6,14H2,1-3H3. The van der Waals surface area contributed by atoms with Crippen molar-refractivity contribution in [3.63, 3.8) is 0 Å². The number of hydrogen-bond donors (Lipinski definition) is 2. The van der Waals surface area contributed by atoms with Gasteiger partial charge < -0.3 is 15.7 Å². The Kier molecular flexibility index (Phi) is 4.62. The molecule has 3 nitrogen and oxygen atoms in total. The van der Waals surface area contributed by atoms with E-state index in [4.69, 9.17) is 5.73 Å². The molecule has 1 aromatic rings. The zero-order valence-electron chi connectivity index (χ0n) is 10.4. The molecule has 1 atom stereocenters. The highest BCUT2D eigenvalue weighted by Gasteiger charge is 2.13. The fourth-order valence-electron chi connectivity index (χ4n) is 1.82. The molecule has 3 N–H and O–H groups in total. The number of nitrogen functional groups attached to an aromatic ring is 1. The zero-order valence-corrected chi connectivity index (χ0v) is 10.4. The van der Waals surface area contributed by atoms with E-state index in [0.29, 0.717) is 0 Å². The number of nitrogens with two attached hydrogens (primary N) is 1. The molecule has 0 fully saturated rings. The van der Waals surface area contributed by atoms with Crippen molar-refractivity contribution in [2.24, 2.45) is 0 Å². The van der Waals surface area contributed by atoms with Crippen molar-refractivity contribution in [2.45, 2.75) is 39.8 Å². The molecule has 1 unspecified atom stereocenters. The lowest BCUT2D eigenvalue weighted by Crippen LogP contribution is -2.34. The Balaban J connectivity index is 2.90. The van der Waals surface area contributed by atoms with E-state index in [1.54, 1.807) is 0 Å². The molecular formula is C13H22N2O. The number of aliphatic hydroxyl groups excluding tert-OH is 1. The van der Waals surface area contributed by atoms with Crippen molar-refractivity contribution < 1.29 is 5.11 Å². The van der Waals surface area contributed by atoms with E-state index in [0.717, 1.165) is 36.3 Å². The average Bonchev–Trinajstić information content (AvgIpc) is 2.25. The molecule has 16 heavy (non-hydrogen) atoms. The Morgan fingerprint density at radius 2 is 2.06 bits per heavy atom. The molecule has 0 saturated carbocycles. The third kappa shape index (κ3) is 2.89. The SMILES string of the molecule is CCCC(O)N(CC)c1ccc(N)c(C)c1. The smallest absolute Gasteiger partial charge is 0.126 e. The van der Waals surface area contributed by atoms with E-state index < -0.39 is 6.23 Å². The van der Waals surface area contributed by atoms with Crippen molar-refractivity contribution >= 4 is 11.4 Å². The molecule has 1 aromatic carbocycles. The van der Waals surface area contributed by atoms with E-state index in [9.17, 15) is 5.11 Å². The summed E-state index contributed by atoms with van der Waals surface area (Å²) in [4.78, 5) is 2.00. The van der Waals surface area contributed by atoms with Gasteiger partial charge in [0.2, 0.25) is 0 Å². The highest BCUT2D eigenvalue weighted by molar-refractivity contribution is 5.58. The summed E-state index contributed by atoms with van der Waals surface area (Å²) in [5.74, 6) is 0. The van der Waals surface area contributed by atoms with Gasteiger partial charge in [-0.3, -0.25) is 0 Å². The summed E-state index contributed by atoms with van der Waals surface area (Å²) < 4.78 is 0. The van der Waals surface area contributed by atoms with Crippen LogP contribution in [0.4, 0.5) is 11.4 Å². The van der Waals surface area contributed by atoms with Crippen molar-refractivity contribution in [3.05, 3.63) is 23.8 Å². The number of nitrogens with zero attached hydrogens (tertiary/aromatic N) is 1. The number of aryl methyl sites for hydroxylation is 1.